The number of aryl methyl sites for hydroxylation is 1. The van der Waals surface area contributed by atoms with Gasteiger partial charge in [0.25, 0.3) is 0 Å². The highest BCUT2D eigenvalue weighted by Gasteiger charge is 2.26. The van der Waals surface area contributed by atoms with Crippen LogP contribution in [0.15, 0.2) is 59.8 Å². The van der Waals surface area contributed by atoms with Crippen LogP contribution in [0.3, 0.4) is 0 Å². The van der Waals surface area contributed by atoms with Gasteiger partial charge in [-0.3, -0.25) is 9.36 Å². The lowest BCUT2D eigenvalue weighted by molar-refractivity contribution is -0.121. The maximum atomic E-state index is 13.2. The van der Waals surface area contributed by atoms with Gasteiger partial charge in [0.05, 0.1) is 30.2 Å². The molecule has 1 amide bonds. The molecule has 0 saturated carbocycles. The fraction of sp³-hybridized carbons (Fsp3) is 0.423. The smallest absolute Gasteiger partial charge is 0.233 e. The van der Waals surface area contributed by atoms with Gasteiger partial charge in [-0.05, 0) is 37.5 Å². The number of benzene rings is 2. The van der Waals surface area contributed by atoms with Gasteiger partial charge >= 0.3 is 0 Å². The summed E-state index contributed by atoms with van der Waals surface area (Å²) in [6.07, 6.45) is 1.89. The van der Waals surface area contributed by atoms with Crippen LogP contribution in [0.4, 0.5) is 5.95 Å². The van der Waals surface area contributed by atoms with E-state index >= 15 is 0 Å². The molecule has 7 nitrogen and oxygen atoms in total. The van der Waals surface area contributed by atoms with Crippen LogP contribution in [0.5, 0.6) is 0 Å². The average Bonchev–Trinajstić information content (AvgIpc) is 3.28. The standard InChI is InChI=1S/C26H33N5O2S/c1-4-10-22(21-12-6-5-7-13-21)27-24(32)20(3)34-26-29-28-25(30-15-17-33-18-16-30)31(26)23-14-9-8-11-19(23)2/h5-9,11-14,20,22H,4,10,15-18H2,1-3H3,(H,27,32)/t20-,22-/m1/s1. The van der Waals surface area contributed by atoms with Crippen LogP contribution in [0, 0.1) is 6.92 Å². The summed E-state index contributed by atoms with van der Waals surface area (Å²) in [5.41, 5.74) is 3.28. The molecule has 1 saturated heterocycles. The van der Waals surface area contributed by atoms with E-state index in [1.807, 2.05) is 37.3 Å². The number of aromatic nitrogens is 3. The number of rotatable bonds is 9. The number of hydrogen-bond donors (Lipinski definition) is 1. The van der Waals surface area contributed by atoms with E-state index in [-0.39, 0.29) is 17.2 Å². The van der Waals surface area contributed by atoms with Gasteiger partial charge in [-0.2, -0.15) is 0 Å². The molecule has 34 heavy (non-hydrogen) atoms. The number of amides is 1. The topological polar surface area (TPSA) is 72.3 Å². The van der Waals surface area contributed by atoms with Crippen LogP contribution in [0.2, 0.25) is 0 Å². The number of anilines is 1. The normalized spacial score (nSPS) is 15.7. The SMILES string of the molecule is CCC[C@@H](NC(=O)[C@@H](C)Sc1nnc(N2CCOCC2)n1-c1ccccc1C)c1ccccc1. The third-order valence-electron chi connectivity index (χ3n) is 6.01. The van der Waals surface area contributed by atoms with Gasteiger partial charge in [0.15, 0.2) is 5.16 Å². The predicted octanol–water partition coefficient (Wildman–Crippen LogP) is 4.55. The zero-order valence-corrected chi connectivity index (χ0v) is 20.9. The first kappa shape index (κ1) is 24.3. The molecule has 2 heterocycles. The van der Waals surface area contributed by atoms with Crippen LogP contribution in [-0.2, 0) is 9.53 Å². The molecule has 0 bridgehead atoms. The van der Waals surface area contributed by atoms with E-state index in [4.69, 9.17) is 4.74 Å². The minimum Gasteiger partial charge on any atom is -0.378 e. The number of para-hydroxylation sites is 1. The van der Waals surface area contributed by atoms with Gasteiger partial charge in [-0.15, -0.1) is 10.2 Å². The van der Waals surface area contributed by atoms with Crippen molar-refractivity contribution in [1.82, 2.24) is 20.1 Å². The number of nitrogens with one attached hydrogen (secondary N) is 1. The maximum Gasteiger partial charge on any atom is 0.233 e. The minimum atomic E-state index is -0.326. The van der Waals surface area contributed by atoms with Crippen molar-refractivity contribution < 1.29 is 9.53 Å². The molecule has 180 valence electrons. The molecule has 0 unspecified atom stereocenters. The second kappa shape index (κ2) is 11.5. The first-order valence-corrected chi connectivity index (χ1v) is 12.8. The highest BCUT2D eigenvalue weighted by atomic mass is 32.2. The van der Waals surface area contributed by atoms with Crippen molar-refractivity contribution in [1.29, 1.82) is 0 Å². The molecule has 1 fully saturated rings. The number of nitrogens with zero attached hydrogens (tertiary/aromatic N) is 4. The Kier molecular flexibility index (Phi) is 8.24. The van der Waals surface area contributed by atoms with E-state index in [0.29, 0.717) is 18.4 Å². The van der Waals surface area contributed by atoms with Crippen LogP contribution in [-0.4, -0.2) is 52.2 Å². The van der Waals surface area contributed by atoms with Gasteiger partial charge in [0.1, 0.15) is 0 Å². The minimum absolute atomic E-state index is 0.0000939. The van der Waals surface area contributed by atoms with Gasteiger partial charge in [0, 0.05) is 13.1 Å². The second-order valence-electron chi connectivity index (χ2n) is 8.52. The Morgan fingerprint density at radius 1 is 1.09 bits per heavy atom. The first-order chi connectivity index (χ1) is 16.6. The Balaban J connectivity index is 1.57. The van der Waals surface area contributed by atoms with E-state index in [1.54, 1.807) is 0 Å². The fourth-order valence-corrected chi connectivity index (χ4v) is 4.99. The second-order valence-corrected chi connectivity index (χ2v) is 9.83. The summed E-state index contributed by atoms with van der Waals surface area (Å²) < 4.78 is 7.61. The van der Waals surface area contributed by atoms with Crippen molar-refractivity contribution in [3.63, 3.8) is 0 Å². The number of carbonyl (C=O) groups is 1. The van der Waals surface area contributed by atoms with Crippen molar-refractivity contribution in [3.8, 4) is 5.69 Å². The van der Waals surface area contributed by atoms with Crippen molar-refractivity contribution >= 4 is 23.6 Å². The van der Waals surface area contributed by atoms with E-state index in [1.165, 1.54) is 11.8 Å². The largest absolute Gasteiger partial charge is 0.378 e. The van der Waals surface area contributed by atoms with Gasteiger partial charge in [-0.25, -0.2) is 0 Å². The van der Waals surface area contributed by atoms with Crippen LogP contribution >= 0.6 is 11.8 Å². The molecule has 0 radical (unpaired) electrons. The number of carbonyl (C=O) groups excluding carboxylic acids is 1. The Hall–Kier alpha value is -2.84. The first-order valence-electron chi connectivity index (χ1n) is 11.9. The van der Waals surface area contributed by atoms with Crippen LogP contribution in [0.1, 0.15) is 43.9 Å². The number of thioether (sulfide) groups is 1. The highest BCUT2D eigenvalue weighted by molar-refractivity contribution is 8.00. The van der Waals surface area contributed by atoms with E-state index in [9.17, 15) is 4.79 Å². The van der Waals surface area contributed by atoms with Crippen molar-refractivity contribution in [2.75, 3.05) is 31.2 Å². The summed E-state index contributed by atoms with van der Waals surface area (Å²) in [6, 6.07) is 18.4. The zero-order chi connectivity index (χ0) is 23.9. The molecule has 4 rings (SSSR count). The Bertz CT molecular complexity index is 1080. The number of hydrogen-bond acceptors (Lipinski definition) is 6. The third-order valence-corrected chi connectivity index (χ3v) is 7.06. The summed E-state index contributed by atoms with van der Waals surface area (Å²) in [5, 5.41) is 12.7. The third kappa shape index (κ3) is 5.62. The molecule has 2 aromatic carbocycles. The molecule has 0 spiro atoms. The molecule has 8 heteroatoms. The summed E-state index contributed by atoms with van der Waals surface area (Å²) >= 11 is 1.44. The summed E-state index contributed by atoms with van der Waals surface area (Å²) in [7, 11) is 0. The lowest BCUT2D eigenvalue weighted by Crippen LogP contribution is -2.38. The number of ether oxygens (including phenoxy) is 1. The van der Waals surface area contributed by atoms with E-state index in [2.05, 4.69) is 63.1 Å². The molecule has 1 aliphatic heterocycles. The Labute approximate surface area is 205 Å². The van der Waals surface area contributed by atoms with Crippen LogP contribution in [0.25, 0.3) is 5.69 Å². The van der Waals surface area contributed by atoms with Gasteiger partial charge in [-0.1, -0.05) is 73.6 Å². The molecule has 3 aromatic rings. The molecule has 1 aliphatic rings. The molecular formula is C26H33N5O2S. The predicted molar refractivity (Wildman–Crippen MR) is 137 cm³/mol. The quantitative estimate of drug-likeness (QED) is 0.454. The lowest BCUT2D eigenvalue weighted by atomic mass is 10.0. The van der Waals surface area contributed by atoms with Crippen molar-refractivity contribution in [2.24, 2.45) is 0 Å². The average molecular weight is 480 g/mol. The molecular weight excluding hydrogens is 446 g/mol. The fourth-order valence-electron chi connectivity index (χ4n) is 4.13. The molecule has 2 atom stereocenters. The number of morpholine rings is 1. The van der Waals surface area contributed by atoms with E-state index in [0.717, 1.165) is 48.7 Å². The molecule has 0 aliphatic carbocycles. The van der Waals surface area contributed by atoms with Crippen LogP contribution < -0.4 is 10.2 Å². The highest BCUT2D eigenvalue weighted by Crippen LogP contribution is 2.31. The Morgan fingerprint density at radius 3 is 2.50 bits per heavy atom. The maximum absolute atomic E-state index is 13.2. The molecule has 1 N–H and O–H groups in total. The van der Waals surface area contributed by atoms with Gasteiger partial charge in [0.2, 0.25) is 11.9 Å². The summed E-state index contributed by atoms with van der Waals surface area (Å²) in [4.78, 5) is 15.4. The summed E-state index contributed by atoms with van der Waals surface area (Å²) in [5.74, 6) is 0.792. The van der Waals surface area contributed by atoms with Crippen molar-refractivity contribution in [3.05, 3.63) is 65.7 Å². The lowest BCUT2D eigenvalue weighted by Gasteiger charge is -2.28. The monoisotopic (exact) mass is 479 g/mol. The Morgan fingerprint density at radius 2 is 1.79 bits per heavy atom. The molecule has 1 aromatic heterocycles. The van der Waals surface area contributed by atoms with Crippen molar-refractivity contribution in [2.45, 2.75) is 50.1 Å². The van der Waals surface area contributed by atoms with E-state index < -0.39 is 0 Å². The summed E-state index contributed by atoms with van der Waals surface area (Å²) in [6.45, 7) is 9.01. The van der Waals surface area contributed by atoms with Gasteiger partial charge < -0.3 is 15.0 Å². The zero-order valence-electron chi connectivity index (χ0n) is 20.1.